The van der Waals surface area contributed by atoms with E-state index < -0.39 is 11.6 Å². The minimum absolute atomic E-state index is 0.340. The maximum atomic E-state index is 13.3. The third kappa shape index (κ3) is 3.05. The van der Waals surface area contributed by atoms with Gasteiger partial charge < -0.3 is 10.5 Å². The van der Waals surface area contributed by atoms with Crippen molar-refractivity contribution in [2.24, 2.45) is 0 Å². The largest absolute Gasteiger partial charge is 0.412 e. The lowest BCUT2D eigenvalue weighted by molar-refractivity contribution is 0.147. The van der Waals surface area contributed by atoms with Crippen LogP contribution in [0.4, 0.5) is 8.78 Å². The lowest BCUT2D eigenvalue weighted by Crippen LogP contribution is -2.26. The maximum Gasteiger partial charge on any atom is 0.159 e. The maximum absolute atomic E-state index is 13.3. The average Bonchev–Trinajstić information content (AvgIpc) is 2.85. The predicted octanol–water partition coefficient (Wildman–Crippen LogP) is 2.46. The molecule has 0 aliphatic carbocycles. The van der Waals surface area contributed by atoms with Crippen LogP contribution in [0.1, 0.15) is 35.6 Å². The first kappa shape index (κ1) is 14.0. The fourth-order valence-corrected chi connectivity index (χ4v) is 2.86. The minimum atomic E-state index is -0.862. The summed E-state index contributed by atoms with van der Waals surface area (Å²) in [5.74, 6) is -1.38. The van der Waals surface area contributed by atoms with Gasteiger partial charge in [0, 0.05) is 12.0 Å². The SMILES string of the molecule is On1cc(C2CCNCC2)c(Cc2ccc(F)c(F)c2)n1. The van der Waals surface area contributed by atoms with Crippen LogP contribution in [0, 0.1) is 11.6 Å². The van der Waals surface area contributed by atoms with Crippen LogP contribution in [0.25, 0.3) is 0 Å². The van der Waals surface area contributed by atoms with Crippen LogP contribution in [-0.4, -0.2) is 28.2 Å². The summed E-state index contributed by atoms with van der Waals surface area (Å²) in [5, 5.41) is 17.0. The lowest BCUT2D eigenvalue weighted by Gasteiger charge is -2.22. The first-order valence-electron chi connectivity index (χ1n) is 7.06. The highest BCUT2D eigenvalue weighted by molar-refractivity contribution is 5.29. The number of halogens is 2. The molecule has 0 spiro atoms. The molecule has 1 aliphatic rings. The summed E-state index contributed by atoms with van der Waals surface area (Å²) in [5.41, 5.74) is 2.35. The molecule has 0 atom stereocenters. The Balaban J connectivity index is 1.85. The molecule has 21 heavy (non-hydrogen) atoms. The Kier molecular flexibility index (Phi) is 3.88. The molecule has 2 heterocycles. The van der Waals surface area contributed by atoms with Gasteiger partial charge in [0.25, 0.3) is 0 Å². The number of rotatable bonds is 3. The van der Waals surface area contributed by atoms with E-state index in [0.717, 1.165) is 48.1 Å². The van der Waals surface area contributed by atoms with Crippen molar-refractivity contribution >= 4 is 0 Å². The molecule has 1 aliphatic heterocycles. The van der Waals surface area contributed by atoms with Crippen molar-refractivity contribution in [2.75, 3.05) is 13.1 Å². The van der Waals surface area contributed by atoms with Crippen molar-refractivity contribution in [1.29, 1.82) is 0 Å². The Bertz CT molecular complexity index is 636. The fraction of sp³-hybridized carbons (Fsp3) is 0.400. The third-order valence-corrected chi connectivity index (χ3v) is 3.95. The second kappa shape index (κ2) is 5.81. The zero-order chi connectivity index (χ0) is 14.8. The van der Waals surface area contributed by atoms with Gasteiger partial charge in [-0.25, -0.2) is 8.78 Å². The molecule has 1 fully saturated rings. The molecule has 0 unspecified atom stereocenters. The van der Waals surface area contributed by atoms with E-state index in [1.54, 1.807) is 12.3 Å². The van der Waals surface area contributed by atoms with E-state index in [-0.39, 0.29) is 0 Å². The fourth-order valence-electron chi connectivity index (χ4n) is 2.86. The molecule has 0 amide bonds. The van der Waals surface area contributed by atoms with Crippen LogP contribution in [-0.2, 0) is 6.42 Å². The molecule has 4 nitrogen and oxygen atoms in total. The number of nitrogens with zero attached hydrogens (tertiary/aromatic N) is 2. The van der Waals surface area contributed by atoms with Gasteiger partial charge in [-0.2, -0.15) is 0 Å². The molecule has 0 radical (unpaired) electrons. The Morgan fingerprint density at radius 1 is 1.24 bits per heavy atom. The van der Waals surface area contributed by atoms with Gasteiger partial charge in [0.05, 0.1) is 11.9 Å². The standard InChI is InChI=1S/C15H17F2N3O/c16-13-2-1-10(7-14(13)17)8-15-12(9-20(21)19-15)11-3-5-18-6-4-11/h1-2,7,9,11,18,21H,3-6,8H2. The van der Waals surface area contributed by atoms with Crippen molar-refractivity contribution in [3.05, 3.63) is 52.9 Å². The Morgan fingerprint density at radius 2 is 2.00 bits per heavy atom. The molecule has 2 N–H and O–H groups in total. The Morgan fingerprint density at radius 3 is 2.71 bits per heavy atom. The third-order valence-electron chi connectivity index (χ3n) is 3.95. The predicted molar refractivity (Wildman–Crippen MR) is 73.4 cm³/mol. The lowest BCUT2D eigenvalue weighted by atomic mass is 9.89. The summed E-state index contributed by atoms with van der Waals surface area (Å²) in [7, 11) is 0. The Labute approximate surface area is 121 Å². The molecule has 0 saturated carbocycles. The molecule has 112 valence electrons. The van der Waals surface area contributed by atoms with E-state index in [4.69, 9.17) is 0 Å². The quantitative estimate of drug-likeness (QED) is 0.855. The summed E-state index contributed by atoms with van der Waals surface area (Å²) in [6, 6.07) is 3.84. The van der Waals surface area contributed by atoms with Crippen LogP contribution in [0.15, 0.2) is 24.4 Å². The van der Waals surface area contributed by atoms with E-state index in [1.165, 1.54) is 6.07 Å². The highest BCUT2D eigenvalue weighted by Gasteiger charge is 2.21. The van der Waals surface area contributed by atoms with Crippen LogP contribution >= 0.6 is 0 Å². The molecule has 3 rings (SSSR count). The van der Waals surface area contributed by atoms with Crippen LogP contribution in [0.3, 0.4) is 0 Å². The summed E-state index contributed by atoms with van der Waals surface area (Å²) in [6.45, 7) is 1.87. The zero-order valence-electron chi connectivity index (χ0n) is 11.5. The summed E-state index contributed by atoms with van der Waals surface area (Å²) in [4.78, 5) is 0.812. The first-order chi connectivity index (χ1) is 10.1. The Hall–Kier alpha value is -1.95. The van der Waals surface area contributed by atoms with Gasteiger partial charge in [0.1, 0.15) is 0 Å². The van der Waals surface area contributed by atoms with Gasteiger partial charge in [0.15, 0.2) is 11.6 Å². The molecular formula is C15H17F2N3O. The van der Waals surface area contributed by atoms with Gasteiger partial charge in [-0.15, -0.1) is 9.94 Å². The highest BCUT2D eigenvalue weighted by Crippen LogP contribution is 2.28. The van der Waals surface area contributed by atoms with E-state index in [2.05, 4.69) is 10.4 Å². The highest BCUT2D eigenvalue weighted by atomic mass is 19.2. The van der Waals surface area contributed by atoms with E-state index in [1.807, 2.05) is 0 Å². The minimum Gasteiger partial charge on any atom is -0.412 e. The molecule has 6 heteroatoms. The molecule has 1 aromatic carbocycles. The van der Waals surface area contributed by atoms with Gasteiger partial charge >= 0.3 is 0 Å². The number of benzene rings is 1. The monoisotopic (exact) mass is 293 g/mol. The topological polar surface area (TPSA) is 50.1 Å². The molecule has 0 bridgehead atoms. The number of hydrogen-bond acceptors (Lipinski definition) is 3. The average molecular weight is 293 g/mol. The zero-order valence-corrected chi connectivity index (χ0v) is 11.5. The van der Waals surface area contributed by atoms with Crippen molar-refractivity contribution in [3.63, 3.8) is 0 Å². The van der Waals surface area contributed by atoms with Crippen LogP contribution < -0.4 is 5.32 Å². The molecular weight excluding hydrogens is 276 g/mol. The van der Waals surface area contributed by atoms with Gasteiger partial charge in [-0.05, 0) is 49.5 Å². The van der Waals surface area contributed by atoms with Gasteiger partial charge in [0.2, 0.25) is 0 Å². The van der Waals surface area contributed by atoms with Crippen LogP contribution in [0.5, 0.6) is 0 Å². The normalized spacial score (nSPS) is 16.3. The molecule has 1 aromatic heterocycles. The molecule has 1 saturated heterocycles. The number of piperidine rings is 1. The second-order valence-corrected chi connectivity index (χ2v) is 5.40. The van der Waals surface area contributed by atoms with Gasteiger partial charge in [-0.1, -0.05) is 6.07 Å². The molecule has 2 aromatic rings. The number of nitrogens with one attached hydrogen (secondary N) is 1. The van der Waals surface area contributed by atoms with Gasteiger partial charge in [-0.3, -0.25) is 0 Å². The van der Waals surface area contributed by atoms with Crippen molar-refractivity contribution in [2.45, 2.75) is 25.2 Å². The summed E-state index contributed by atoms with van der Waals surface area (Å²) >= 11 is 0. The van der Waals surface area contributed by atoms with E-state index in [0.29, 0.717) is 17.9 Å². The number of hydrogen-bond donors (Lipinski definition) is 2. The smallest absolute Gasteiger partial charge is 0.159 e. The van der Waals surface area contributed by atoms with Crippen molar-refractivity contribution in [3.8, 4) is 0 Å². The first-order valence-corrected chi connectivity index (χ1v) is 7.06. The van der Waals surface area contributed by atoms with Crippen molar-refractivity contribution in [1.82, 2.24) is 15.3 Å². The van der Waals surface area contributed by atoms with Crippen LogP contribution in [0.2, 0.25) is 0 Å². The second-order valence-electron chi connectivity index (χ2n) is 5.40. The number of aromatic nitrogens is 2. The summed E-state index contributed by atoms with van der Waals surface area (Å²) in [6.07, 6.45) is 3.96. The van der Waals surface area contributed by atoms with Crippen molar-refractivity contribution < 1.29 is 14.0 Å². The van der Waals surface area contributed by atoms with E-state index >= 15 is 0 Å². The summed E-state index contributed by atoms with van der Waals surface area (Å²) < 4.78 is 26.3. The van der Waals surface area contributed by atoms with E-state index in [9.17, 15) is 14.0 Å².